The molecule has 31 heavy (non-hydrogen) atoms. The number of amides is 2. The third-order valence-electron chi connectivity index (χ3n) is 4.45. The van der Waals surface area contributed by atoms with Crippen molar-refractivity contribution < 1.29 is 14.3 Å². The molecule has 0 spiro atoms. The number of nitrogens with zero attached hydrogens (tertiary/aromatic N) is 2. The zero-order valence-corrected chi connectivity index (χ0v) is 17.4. The van der Waals surface area contributed by atoms with E-state index in [0.717, 1.165) is 11.3 Å². The summed E-state index contributed by atoms with van der Waals surface area (Å²) in [7, 11) is 0. The Kier molecular flexibility index (Phi) is 7.16. The molecule has 160 valence electrons. The van der Waals surface area contributed by atoms with Crippen LogP contribution in [-0.4, -0.2) is 34.5 Å². The van der Waals surface area contributed by atoms with E-state index in [-0.39, 0.29) is 23.9 Å². The lowest BCUT2D eigenvalue weighted by Crippen LogP contribution is -2.30. The van der Waals surface area contributed by atoms with Crippen LogP contribution in [0.3, 0.4) is 0 Å². The highest BCUT2D eigenvalue weighted by Crippen LogP contribution is 2.19. The molecule has 2 aromatic carbocycles. The van der Waals surface area contributed by atoms with Gasteiger partial charge in [0, 0.05) is 42.9 Å². The topological polar surface area (TPSA) is 102 Å². The van der Waals surface area contributed by atoms with Crippen molar-refractivity contribution in [3.8, 4) is 17.0 Å². The molecular weight excluding hydrogens is 396 g/mol. The SMILES string of the molecule is CCOc1ccc(-c2cc(=O)n(CCNC(=O)c3ccc(NC(C)=O)cc3)cn2)cc1. The van der Waals surface area contributed by atoms with Gasteiger partial charge in [0.25, 0.3) is 11.5 Å². The fourth-order valence-corrected chi connectivity index (χ4v) is 2.94. The summed E-state index contributed by atoms with van der Waals surface area (Å²) < 4.78 is 6.86. The number of carbonyl (C=O) groups excluding carboxylic acids is 2. The van der Waals surface area contributed by atoms with Crippen LogP contribution in [0, 0.1) is 0 Å². The zero-order chi connectivity index (χ0) is 22.2. The summed E-state index contributed by atoms with van der Waals surface area (Å²) in [5, 5.41) is 5.42. The van der Waals surface area contributed by atoms with Gasteiger partial charge in [-0.2, -0.15) is 0 Å². The Hall–Kier alpha value is -3.94. The first-order valence-corrected chi connectivity index (χ1v) is 9.92. The Bertz CT molecular complexity index is 1110. The summed E-state index contributed by atoms with van der Waals surface area (Å²) in [6, 6.07) is 15.4. The van der Waals surface area contributed by atoms with Gasteiger partial charge in [-0.1, -0.05) is 0 Å². The van der Waals surface area contributed by atoms with Gasteiger partial charge in [0.15, 0.2) is 0 Å². The second-order valence-corrected chi connectivity index (χ2v) is 6.78. The molecule has 0 bridgehead atoms. The van der Waals surface area contributed by atoms with Crippen molar-refractivity contribution in [2.45, 2.75) is 20.4 Å². The summed E-state index contributed by atoms with van der Waals surface area (Å²) in [5.41, 5.74) is 2.28. The molecule has 0 aliphatic heterocycles. The Morgan fingerprint density at radius 1 is 1.06 bits per heavy atom. The van der Waals surface area contributed by atoms with Crippen LogP contribution in [0.25, 0.3) is 11.3 Å². The Morgan fingerprint density at radius 3 is 2.39 bits per heavy atom. The van der Waals surface area contributed by atoms with Crippen molar-refractivity contribution in [2.75, 3.05) is 18.5 Å². The number of anilines is 1. The molecule has 0 saturated heterocycles. The highest BCUT2D eigenvalue weighted by atomic mass is 16.5. The predicted octanol–water partition coefficient (Wildman–Crippen LogP) is 2.70. The third kappa shape index (κ3) is 6.02. The molecule has 0 unspecified atom stereocenters. The molecule has 0 atom stereocenters. The highest BCUT2D eigenvalue weighted by Gasteiger charge is 2.07. The molecule has 8 nitrogen and oxygen atoms in total. The molecule has 3 aromatic rings. The second-order valence-electron chi connectivity index (χ2n) is 6.78. The second kappa shape index (κ2) is 10.2. The quantitative estimate of drug-likeness (QED) is 0.583. The number of aromatic nitrogens is 2. The minimum Gasteiger partial charge on any atom is -0.494 e. The minimum absolute atomic E-state index is 0.176. The average molecular weight is 420 g/mol. The Morgan fingerprint density at radius 2 is 1.77 bits per heavy atom. The molecule has 0 saturated carbocycles. The first kappa shape index (κ1) is 21.8. The van der Waals surface area contributed by atoms with Crippen molar-refractivity contribution in [1.82, 2.24) is 14.9 Å². The van der Waals surface area contributed by atoms with Gasteiger partial charge < -0.3 is 15.4 Å². The summed E-state index contributed by atoms with van der Waals surface area (Å²) >= 11 is 0. The number of rotatable bonds is 8. The van der Waals surface area contributed by atoms with Gasteiger partial charge in [-0.25, -0.2) is 4.98 Å². The maximum atomic E-state index is 12.4. The summed E-state index contributed by atoms with van der Waals surface area (Å²) in [6.45, 7) is 4.50. The fraction of sp³-hybridized carbons (Fsp3) is 0.217. The van der Waals surface area contributed by atoms with Crippen LogP contribution in [0.15, 0.2) is 65.7 Å². The molecule has 3 rings (SSSR count). The Labute approximate surface area is 179 Å². The molecular formula is C23H24N4O4. The van der Waals surface area contributed by atoms with Crippen molar-refractivity contribution >= 4 is 17.5 Å². The van der Waals surface area contributed by atoms with Crippen LogP contribution in [0.4, 0.5) is 5.69 Å². The van der Waals surface area contributed by atoms with Crippen LogP contribution in [0.2, 0.25) is 0 Å². The third-order valence-corrected chi connectivity index (χ3v) is 4.45. The van der Waals surface area contributed by atoms with E-state index in [2.05, 4.69) is 15.6 Å². The van der Waals surface area contributed by atoms with Gasteiger partial charge in [-0.15, -0.1) is 0 Å². The van der Waals surface area contributed by atoms with Gasteiger partial charge in [-0.05, 0) is 55.5 Å². The number of hydrogen-bond donors (Lipinski definition) is 2. The first-order chi connectivity index (χ1) is 15.0. The van der Waals surface area contributed by atoms with Crippen molar-refractivity contribution in [3.05, 3.63) is 76.8 Å². The van der Waals surface area contributed by atoms with Gasteiger partial charge in [0.2, 0.25) is 5.91 Å². The van der Waals surface area contributed by atoms with E-state index in [9.17, 15) is 14.4 Å². The molecule has 2 N–H and O–H groups in total. The van der Waals surface area contributed by atoms with E-state index < -0.39 is 0 Å². The smallest absolute Gasteiger partial charge is 0.253 e. The number of benzene rings is 2. The van der Waals surface area contributed by atoms with Crippen LogP contribution >= 0.6 is 0 Å². The van der Waals surface area contributed by atoms with Gasteiger partial charge in [0.1, 0.15) is 5.75 Å². The lowest BCUT2D eigenvalue weighted by atomic mass is 10.1. The molecule has 0 aliphatic rings. The van der Waals surface area contributed by atoms with E-state index in [4.69, 9.17) is 4.74 Å². The van der Waals surface area contributed by atoms with E-state index in [1.54, 1.807) is 24.3 Å². The van der Waals surface area contributed by atoms with Gasteiger partial charge in [-0.3, -0.25) is 19.0 Å². The monoisotopic (exact) mass is 420 g/mol. The van der Waals surface area contributed by atoms with Crippen molar-refractivity contribution in [2.24, 2.45) is 0 Å². The maximum Gasteiger partial charge on any atom is 0.253 e. The molecule has 1 aromatic heterocycles. The molecule has 1 heterocycles. The standard InChI is InChI=1S/C23H24N4O4/c1-3-31-20-10-6-17(7-11-20)21-14-22(29)27(15-25-21)13-12-24-23(30)18-4-8-19(9-5-18)26-16(2)28/h4-11,14-15H,3,12-13H2,1-2H3,(H,24,30)(H,26,28). The van der Waals surface area contributed by atoms with E-state index in [0.29, 0.717) is 30.1 Å². The van der Waals surface area contributed by atoms with Gasteiger partial charge in [0.05, 0.1) is 18.6 Å². The van der Waals surface area contributed by atoms with E-state index in [1.807, 2.05) is 31.2 Å². The number of hydrogen-bond acceptors (Lipinski definition) is 5. The van der Waals surface area contributed by atoms with Crippen molar-refractivity contribution in [3.63, 3.8) is 0 Å². The predicted molar refractivity (Wildman–Crippen MR) is 118 cm³/mol. The lowest BCUT2D eigenvalue weighted by Gasteiger charge is -2.09. The molecule has 8 heteroatoms. The van der Waals surface area contributed by atoms with Gasteiger partial charge >= 0.3 is 0 Å². The average Bonchev–Trinajstić information content (AvgIpc) is 2.75. The van der Waals surface area contributed by atoms with Crippen molar-refractivity contribution in [1.29, 1.82) is 0 Å². The number of carbonyl (C=O) groups is 2. The zero-order valence-electron chi connectivity index (χ0n) is 17.4. The lowest BCUT2D eigenvalue weighted by molar-refractivity contribution is -0.114. The summed E-state index contributed by atoms with van der Waals surface area (Å²) in [5.74, 6) is 0.325. The molecule has 0 fully saturated rings. The van der Waals surface area contributed by atoms with E-state index in [1.165, 1.54) is 23.9 Å². The fourth-order valence-electron chi connectivity index (χ4n) is 2.94. The molecule has 0 radical (unpaired) electrons. The summed E-state index contributed by atoms with van der Waals surface area (Å²) in [4.78, 5) is 40.1. The van der Waals surface area contributed by atoms with E-state index >= 15 is 0 Å². The minimum atomic E-state index is -0.263. The van der Waals surface area contributed by atoms with Crippen LogP contribution in [0.5, 0.6) is 5.75 Å². The summed E-state index contributed by atoms with van der Waals surface area (Å²) in [6.07, 6.45) is 1.47. The highest BCUT2D eigenvalue weighted by molar-refractivity contribution is 5.95. The Balaban J connectivity index is 1.56. The maximum absolute atomic E-state index is 12.4. The number of nitrogens with one attached hydrogen (secondary N) is 2. The molecule has 2 amide bonds. The largest absolute Gasteiger partial charge is 0.494 e. The normalized spacial score (nSPS) is 10.4. The first-order valence-electron chi connectivity index (χ1n) is 9.92. The molecule has 0 aliphatic carbocycles. The number of ether oxygens (including phenoxy) is 1. The van der Waals surface area contributed by atoms with Crippen LogP contribution in [0.1, 0.15) is 24.2 Å². The van der Waals surface area contributed by atoms with Crippen LogP contribution in [-0.2, 0) is 11.3 Å². The van der Waals surface area contributed by atoms with Crippen LogP contribution < -0.4 is 20.9 Å².